The normalized spacial score (nSPS) is 16.3. The topological polar surface area (TPSA) is 78.5 Å². The summed E-state index contributed by atoms with van der Waals surface area (Å²) in [5, 5.41) is 12.6. The number of rotatable bonds is 6. The molecule has 1 N–H and O–H groups in total. The SMILES string of the molecule is N#Cc1cn2c(NCc3c(F)ccc4c3CCO4)ncc(-c3ccc(CN4CC(F)(F)C4)cc3)c2n1. The number of imidazole rings is 1. The number of ether oxygens (including phenoxy) is 1. The van der Waals surface area contributed by atoms with E-state index in [4.69, 9.17) is 4.74 Å². The highest BCUT2D eigenvalue weighted by Crippen LogP contribution is 2.32. The third-order valence-electron chi connectivity index (χ3n) is 6.55. The summed E-state index contributed by atoms with van der Waals surface area (Å²) in [7, 11) is 0. The number of aromatic nitrogens is 3. The van der Waals surface area contributed by atoms with E-state index >= 15 is 0 Å². The number of alkyl halides is 2. The quantitative estimate of drug-likeness (QED) is 0.432. The molecule has 2 aromatic carbocycles. The average molecular weight is 490 g/mol. The number of benzene rings is 2. The van der Waals surface area contributed by atoms with Crippen LogP contribution in [0, 0.1) is 17.1 Å². The van der Waals surface area contributed by atoms with Crippen molar-refractivity contribution in [3.63, 3.8) is 0 Å². The summed E-state index contributed by atoms with van der Waals surface area (Å²) in [6, 6.07) is 12.7. The Bertz CT molecular complexity index is 1500. The van der Waals surface area contributed by atoms with E-state index in [2.05, 4.69) is 21.4 Å². The first-order valence-corrected chi connectivity index (χ1v) is 11.5. The van der Waals surface area contributed by atoms with E-state index in [1.807, 2.05) is 24.3 Å². The van der Waals surface area contributed by atoms with Crippen LogP contribution in [0.3, 0.4) is 0 Å². The average Bonchev–Trinajstić information content (AvgIpc) is 3.50. The van der Waals surface area contributed by atoms with E-state index in [0.29, 0.717) is 48.0 Å². The van der Waals surface area contributed by atoms with Crippen molar-refractivity contribution in [2.75, 3.05) is 25.0 Å². The zero-order valence-electron chi connectivity index (χ0n) is 19.1. The Morgan fingerprint density at radius 2 is 1.94 bits per heavy atom. The summed E-state index contributed by atoms with van der Waals surface area (Å²) < 4.78 is 48.0. The standard InChI is InChI=1S/C26H21F3N6O/c27-22-5-6-23-19(7-8-36-23)21(22)11-32-25-31-10-20(24-33-18(9-30)13-35(24)25)17-3-1-16(2-4-17)12-34-14-26(28,29)15-34/h1-6,10,13H,7-8,11-12,14-15H2,(H,31,32). The number of fused-ring (bicyclic) bond motifs is 2. The highest BCUT2D eigenvalue weighted by molar-refractivity contribution is 5.78. The molecule has 2 aromatic heterocycles. The number of hydrogen-bond donors (Lipinski definition) is 1. The molecule has 0 amide bonds. The first-order valence-electron chi connectivity index (χ1n) is 11.5. The molecule has 0 saturated carbocycles. The molecule has 10 heteroatoms. The van der Waals surface area contributed by atoms with Gasteiger partial charge < -0.3 is 10.1 Å². The summed E-state index contributed by atoms with van der Waals surface area (Å²) in [5.74, 6) is -1.78. The maximum absolute atomic E-state index is 14.6. The van der Waals surface area contributed by atoms with Crippen LogP contribution >= 0.6 is 0 Å². The molecule has 4 heterocycles. The number of anilines is 1. The van der Waals surface area contributed by atoms with Crippen molar-refractivity contribution >= 4 is 11.6 Å². The molecule has 0 radical (unpaired) electrons. The summed E-state index contributed by atoms with van der Waals surface area (Å²) in [5.41, 5.74) is 4.60. The van der Waals surface area contributed by atoms with Gasteiger partial charge in [-0.3, -0.25) is 9.30 Å². The summed E-state index contributed by atoms with van der Waals surface area (Å²) in [4.78, 5) is 10.7. The zero-order valence-corrected chi connectivity index (χ0v) is 19.1. The molecule has 182 valence electrons. The molecule has 1 fully saturated rings. The number of hydrogen-bond acceptors (Lipinski definition) is 6. The van der Waals surface area contributed by atoms with Crippen LogP contribution in [-0.2, 0) is 19.5 Å². The molecule has 0 bridgehead atoms. The van der Waals surface area contributed by atoms with Gasteiger partial charge in [0.05, 0.1) is 25.9 Å². The molecule has 4 aromatic rings. The van der Waals surface area contributed by atoms with Gasteiger partial charge in [0.1, 0.15) is 17.6 Å². The molecule has 0 spiro atoms. The minimum absolute atomic E-state index is 0.199. The minimum Gasteiger partial charge on any atom is -0.493 e. The van der Waals surface area contributed by atoms with Crippen molar-refractivity contribution in [3.05, 3.63) is 77.0 Å². The maximum Gasteiger partial charge on any atom is 0.272 e. The van der Waals surface area contributed by atoms with E-state index in [-0.39, 0.29) is 31.1 Å². The maximum atomic E-state index is 14.6. The van der Waals surface area contributed by atoms with Gasteiger partial charge in [-0.15, -0.1) is 0 Å². The molecule has 36 heavy (non-hydrogen) atoms. The number of likely N-dealkylation sites (tertiary alicyclic amines) is 1. The van der Waals surface area contributed by atoms with Crippen LogP contribution in [0.2, 0.25) is 0 Å². The van der Waals surface area contributed by atoms with Crippen molar-refractivity contribution in [2.24, 2.45) is 0 Å². The first kappa shape index (κ1) is 22.4. The van der Waals surface area contributed by atoms with Gasteiger partial charge >= 0.3 is 0 Å². The van der Waals surface area contributed by atoms with Crippen LogP contribution in [0.4, 0.5) is 19.1 Å². The van der Waals surface area contributed by atoms with E-state index in [9.17, 15) is 18.4 Å². The fourth-order valence-corrected chi connectivity index (χ4v) is 4.81. The second-order valence-electron chi connectivity index (χ2n) is 9.08. The van der Waals surface area contributed by atoms with Gasteiger partial charge in [-0.05, 0) is 23.3 Å². The van der Waals surface area contributed by atoms with Crippen molar-refractivity contribution in [3.8, 4) is 22.9 Å². The Labute approximate surface area is 204 Å². The Kier molecular flexibility index (Phi) is 5.30. The second-order valence-corrected chi connectivity index (χ2v) is 9.08. The minimum atomic E-state index is -2.59. The van der Waals surface area contributed by atoms with E-state index in [1.54, 1.807) is 27.8 Å². The predicted octanol–water partition coefficient (Wildman–Crippen LogP) is 4.40. The van der Waals surface area contributed by atoms with E-state index in [0.717, 1.165) is 16.7 Å². The van der Waals surface area contributed by atoms with Crippen molar-refractivity contribution < 1.29 is 17.9 Å². The third-order valence-corrected chi connectivity index (χ3v) is 6.55. The Morgan fingerprint density at radius 3 is 2.69 bits per heavy atom. The van der Waals surface area contributed by atoms with Crippen LogP contribution in [0.1, 0.15) is 22.4 Å². The third kappa shape index (κ3) is 4.01. The number of nitriles is 1. The molecule has 0 unspecified atom stereocenters. The Morgan fingerprint density at radius 1 is 1.14 bits per heavy atom. The fraction of sp³-hybridized carbons (Fsp3) is 0.269. The molecule has 0 atom stereocenters. The monoisotopic (exact) mass is 490 g/mol. The lowest BCUT2D eigenvalue weighted by Gasteiger charge is -2.38. The molecule has 2 aliphatic rings. The second kappa shape index (κ2) is 8.53. The summed E-state index contributed by atoms with van der Waals surface area (Å²) >= 11 is 0. The van der Waals surface area contributed by atoms with Crippen molar-refractivity contribution in [1.82, 2.24) is 19.3 Å². The zero-order chi connectivity index (χ0) is 24.9. The van der Waals surface area contributed by atoms with Crippen LogP contribution in [-0.4, -0.2) is 44.9 Å². The molecule has 7 nitrogen and oxygen atoms in total. The number of halogens is 3. The van der Waals surface area contributed by atoms with Crippen LogP contribution in [0.25, 0.3) is 16.8 Å². The van der Waals surface area contributed by atoms with Crippen LogP contribution < -0.4 is 10.1 Å². The predicted molar refractivity (Wildman–Crippen MR) is 126 cm³/mol. The van der Waals surface area contributed by atoms with Gasteiger partial charge in [0.15, 0.2) is 11.3 Å². The lowest BCUT2D eigenvalue weighted by atomic mass is 10.0. The Balaban J connectivity index is 1.27. The van der Waals surface area contributed by atoms with Gasteiger partial charge in [-0.25, -0.2) is 23.1 Å². The summed E-state index contributed by atoms with van der Waals surface area (Å²) in [6.45, 7) is 0.742. The molecule has 1 saturated heterocycles. The van der Waals surface area contributed by atoms with Crippen LogP contribution in [0.15, 0.2) is 48.8 Å². The van der Waals surface area contributed by atoms with Gasteiger partial charge in [0, 0.05) is 42.4 Å². The highest BCUT2D eigenvalue weighted by Gasteiger charge is 2.43. The highest BCUT2D eigenvalue weighted by atomic mass is 19.3. The fourth-order valence-electron chi connectivity index (χ4n) is 4.81. The first-order chi connectivity index (χ1) is 17.4. The van der Waals surface area contributed by atoms with Gasteiger partial charge in [-0.1, -0.05) is 24.3 Å². The van der Waals surface area contributed by atoms with Gasteiger partial charge in [-0.2, -0.15) is 5.26 Å². The Hall–Kier alpha value is -4.10. The lowest BCUT2D eigenvalue weighted by Crippen LogP contribution is -2.55. The number of nitrogens with zero attached hydrogens (tertiary/aromatic N) is 5. The van der Waals surface area contributed by atoms with Gasteiger partial charge in [0.2, 0.25) is 5.95 Å². The van der Waals surface area contributed by atoms with E-state index in [1.165, 1.54) is 6.07 Å². The van der Waals surface area contributed by atoms with E-state index < -0.39 is 5.92 Å². The summed E-state index contributed by atoms with van der Waals surface area (Å²) in [6.07, 6.45) is 3.89. The molecule has 2 aliphatic heterocycles. The smallest absolute Gasteiger partial charge is 0.272 e. The van der Waals surface area contributed by atoms with Gasteiger partial charge in [0.25, 0.3) is 5.92 Å². The largest absolute Gasteiger partial charge is 0.493 e. The lowest BCUT2D eigenvalue weighted by molar-refractivity contribution is -0.133. The molecule has 6 rings (SSSR count). The van der Waals surface area contributed by atoms with Crippen molar-refractivity contribution in [1.29, 1.82) is 5.26 Å². The van der Waals surface area contributed by atoms with Crippen LogP contribution in [0.5, 0.6) is 5.75 Å². The molecule has 0 aliphatic carbocycles. The number of nitrogens with one attached hydrogen (secondary N) is 1. The molecular formula is C26H21F3N6O. The molecular weight excluding hydrogens is 469 g/mol. The van der Waals surface area contributed by atoms with Crippen molar-refractivity contribution in [2.45, 2.75) is 25.4 Å².